The predicted octanol–water partition coefficient (Wildman–Crippen LogP) is 5.12. The van der Waals surface area contributed by atoms with Crippen molar-refractivity contribution in [2.45, 2.75) is 30.9 Å². The van der Waals surface area contributed by atoms with Gasteiger partial charge in [-0.3, -0.25) is 0 Å². The fourth-order valence-corrected chi connectivity index (χ4v) is 3.17. The molecule has 2 aromatic carbocycles. The van der Waals surface area contributed by atoms with Crippen LogP contribution in [0.1, 0.15) is 30.7 Å². The Labute approximate surface area is 156 Å². The molecule has 0 aliphatic carbocycles. The SMILES string of the molecule is CC(Cc1nnc(SCCCOc2ccc(F)cc2)o1)c1ccccc1. The number of ether oxygens (including phenoxy) is 1. The Morgan fingerprint density at radius 2 is 1.85 bits per heavy atom. The van der Waals surface area contributed by atoms with Crippen LogP contribution in [0, 0.1) is 5.82 Å². The maximum atomic E-state index is 12.8. The molecule has 1 aromatic heterocycles. The van der Waals surface area contributed by atoms with Crippen molar-refractivity contribution in [3.05, 3.63) is 71.9 Å². The monoisotopic (exact) mass is 372 g/mol. The van der Waals surface area contributed by atoms with Crippen LogP contribution >= 0.6 is 11.8 Å². The van der Waals surface area contributed by atoms with Crippen LogP contribution in [0.5, 0.6) is 5.75 Å². The molecule has 26 heavy (non-hydrogen) atoms. The molecule has 3 aromatic rings. The molecular weight excluding hydrogens is 351 g/mol. The number of aromatic nitrogens is 2. The molecule has 0 saturated heterocycles. The number of hydrogen-bond donors (Lipinski definition) is 0. The maximum absolute atomic E-state index is 12.8. The molecule has 4 nitrogen and oxygen atoms in total. The van der Waals surface area contributed by atoms with Crippen LogP contribution in [-0.2, 0) is 6.42 Å². The van der Waals surface area contributed by atoms with Crippen molar-refractivity contribution >= 4 is 11.8 Å². The second-order valence-electron chi connectivity index (χ2n) is 5.98. The first-order valence-corrected chi connectivity index (χ1v) is 9.58. The molecule has 0 bridgehead atoms. The summed E-state index contributed by atoms with van der Waals surface area (Å²) < 4.78 is 24.1. The summed E-state index contributed by atoms with van der Waals surface area (Å²) in [6.45, 7) is 2.71. The molecule has 0 aliphatic rings. The van der Waals surface area contributed by atoms with Crippen molar-refractivity contribution in [1.29, 1.82) is 0 Å². The van der Waals surface area contributed by atoms with Crippen LogP contribution < -0.4 is 4.74 Å². The number of rotatable bonds is 9. The highest BCUT2D eigenvalue weighted by Crippen LogP contribution is 2.22. The average Bonchev–Trinajstić information content (AvgIpc) is 3.11. The van der Waals surface area contributed by atoms with Gasteiger partial charge in [0.15, 0.2) is 0 Å². The lowest BCUT2D eigenvalue weighted by Gasteiger charge is -2.08. The number of hydrogen-bond acceptors (Lipinski definition) is 5. The van der Waals surface area contributed by atoms with Gasteiger partial charge in [0, 0.05) is 12.2 Å². The Morgan fingerprint density at radius 3 is 2.62 bits per heavy atom. The normalized spacial score (nSPS) is 12.1. The van der Waals surface area contributed by atoms with E-state index in [4.69, 9.17) is 9.15 Å². The second-order valence-corrected chi connectivity index (χ2v) is 7.03. The highest BCUT2D eigenvalue weighted by molar-refractivity contribution is 7.99. The Hall–Kier alpha value is -2.34. The van der Waals surface area contributed by atoms with Crippen LogP contribution in [0.2, 0.25) is 0 Å². The first kappa shape index (κ1) is 18.5. The number of thioether (sulfide) groups is 1. The summed E-state index contributed by atoms with van der Waals surface area (Å²) in [6.07, 6.45) is 1.56. The highest BCUT2D eigenvalue weighted by Gasteiger charge is 2.12. The van der Waals surface area contributed by atoms with E-state index in [1.807, 2.05) is 18.2 Å². The van der Waals surface area contributed by atoms with Gasteiger partial charge in [0.05, 0.1) is 6.61 Å². The first-order valence-electron chi connectivity index (χ1n) is 8.59. The third kappa shape index (κ3) is 5.59. The van der Waals surface area contributed by atoms with Crippen molar-refractivity contribution in [2.24, 2.45) is 0 Å². The molecule has 0 fully saturated rings. The summed E-state index contributed by atoms with van der Waals surface area (Å²) in [5.41, 5.74) is 1.26. The van der Waals surface area contributed by atoms with Crippen LogP contribution in [0.25, 0.3) is 0 Å². The predicted molar refractivity (Wildman–Crippen MR) is 100 cm³/mol. The van der Waals surface area contributed by atoms with E-state index in [0.29, 0.717) is 29.4 Å². The van der Waals surface area contributed by atoms with Crippen molar-refractivity contribution in [2.75, 3.05) is 12.4 Å². The Morgan fingerprint density at radius 1 is 1.08 bits per heavy atom. The third-order valence-corrected chi connectivity index (χ3v) is 4.80. The van der Waals surface area contributed by atoms with E-state index in [-0.39, 0.29) is 5.82 Å². The molecule has 1 unspecified atom stereocenters. The molecule has 1 atom stereocenters. The van der Waals surface area contributed by atoms with Gasteiger partial charge in [0.25, 0.3) is 5.22 Å². The molecule has 0 amide bonds. The molecule has 6 heteroatoms. The maximum Gasteiger partial charge on any atom is 0.276 e. The quantitative estimate of drug-likeness (QED) is 0.386. The Bertz CT molecular complexity index is 793. The molecule has 0 spiro atoms. The molecule has 0 saturated carbocycles. The van der Waals surface area contributed by atoms with Crippen molar-refractivity contribution in [3.8, 4) is 5.75 Å². The van der Waals surface area contributed by atoms with Gasteiger partial charge < -0.3 is 9.15 Å². The molecule has 0 aliphatic heterocycles. The third-order valence-electron chi connectivity index (χ3n) is 3.89. The summed E-state index contributed by atoms with van der Waals surface area (Å²) in [5.74, 6) is 2.22. The van der Waals surface area contributed by atoms with E-state index in [1.165, 1.54) is 29.5 Å². The second kappa shape index (κ2) is 9.38. The zero-order valence-corrected chi connectivity index (χ0v) is 15.4. The van der Waals surface area contributed by atoms with Gasteiger partial charge in [0.2, 0.25) is 5.89 Å². The van der Waals surface area contributed by atoms with Gasteiger partial charge in [-0.05, 0) is 42.2 Å². The van der Waals surface area contributed by atoms with Gasteiger partial charge in [-0.1, -0.05) is 49.0 Å². The number of halogens is 1. The van der Waals surface area contributed by atoms with E-state index >= 15 is 0 Å². The zero-order valence-electron chi connectivity index (χ0n) is 14.6. The van der Waals surface area contributed by atoms with Crippen LogP contribution in [-0.4, -0.2) is 22.6 Å². The smallest absolute Gasteiger partial charge is 0.276 e. The van der Waals surface area contributed by atoms with Crippen molar-refractivity contribution in [3.63, 3.8) is 0 Å². The summed E-state index contributed by atoms with van der Waals surface area (Å²) in [6, 6.07) is 16.3. The highest BCUT2D eigenvalue weighted by atomic mass is 32.2. The summed E-state index contributed by atoms with van der Waals surface area (Å²) >= 11 is 1.52. The van der Waals surface area contributed by atoms with Crippen LogP contribution in [0.15, 0.2) is 64.2 Å². The van der Waals surface area contributed by atoms with Gasteiger partial charge in [-0.15, -0.1) is 10.2 Å². The molecule has 1 heterocycles. The molecular formula is C20H21FN2O2S. The van der Waals surface area contributed by atoms with Crippen LogP contribution in [0.3, 0.4) is 0 Å². The fraction of sp³-hybridized carbons (Fsp3) is 0.300. The van der Waals surface area contributed by atoms with E-state index < -0.39 is 0 Å². The molecule has 0 radical (unpaired) electrons. The van der Waals surface area contributed by atoms with Gasteiger partial charge in [-0.2, -0.15) is 0 Å². The van der Waals surface area contributed by atoms with E-state index in [9.17, 15) is 4.39 Å². The minimum atomic E-state index is -0.262. The average molecular weight is 372 g/mol. The lowest BCUT2D eigenvalue weighted by Crippen LogP contribution is -1.98. The van der Waals surface area contributed by atoms with Gasteiger partial charge in [0.1, 0.15) is 11.6 Å². The van der Waals surface area contributed by atoms with E-state index in [1.54, 1.807) is 12.1 Å². The molecule has 3 rings (SSSR count). The van der Waals surface area contributed by atoms with E-state index in [0.717, 1.165) is 18.6 Å². The number of benzene rings is 2. The van der Waals surface area contributed by atoms with E-state index in [2.05, 4.69) is 29.3 Å². The zero-order chi connectivity index (χ0) is 18.2. The Balaban J connectivity index is 1.37. The largest absolute Gasteiger partial charge is 0.494 e. The molecule has 136 valence electrons. The van der Waals surface area contributed by atoms with Crippen molar-refractivity contribution in [1.82, 2.24) is 10.2 Å². The lowest BCUT2D eigenvalue weighted by atomic mass is 9.98. The fourth-order valence-electron chi connectivity index (χ4n) is 2.48. The Kier molecular flexibility index (Phi) is 6.66. The summed E-state index contributed by atoms with van der Waals surface area (Å²) in [5, 5.41) is 8.81. The first-order chi connectivity index (χ1) is 12.7. The minimum absolute atomic E-state index is 0.262. The van der Waals surface area contributed by atoms with Gasteiger partial charge in [-0.25, -0.2) is 4.39 Å². The summed E-state index contributed by atoms with van der Waals surface area (Å²) in [7, 11) is 0. The number of nitrogens with zero attached hydrogens (tertiary/aromatic N) is 2. The van der Waals surface area contributed by atoms with Gasteiger partial charge >= 0.3 is 0 Å². The van der Waals surface area contributed by atoms with Crippen LogP contribution in [0.4, 0.5) is 4.39 Å². The topological polar surface area (TPSA) is 48.2 Å². The molecule has 0 N–H and O–H groups in total. The summed E-state index contributed by atoms with van der Waals surface area (Å²) in [4.78, 5) is 0. The lowest BCUT2D eigenvalue weighted by molar-refractivity contribution is 0.318. The van der Waals surface area contributed by atoms with Crippen molar-refractivity contribution < 1.29 is 13.5 Å². The minimum Gasteiger partial charge on any atom is -0.494 e. The standard InChI is InChI=1S/C20H21FN2O2S/c1-15(16-6-3-2-4-7-16)14-19-22-23-20(25-19)26-13-5-12-24-18-10-8-17(21)9-11-18/h2-4,6-11,15H,5,12-14H2,1H3.